The van der Waals surface area contributed by atoms with E-state index in [0.29, 0.717) is 6.10 Å². The molecule has 0 amide bonds. The standard InChI is InChI=1S/C14H18O/c1-4-15-13-10-11(2)14(13,3)12-8-6-5-7-9-12/h5-9,13H,2,4,10H2,1,3H3/t13-,14-/m1/s1. The van der Waals surface area contributed by atoms with E-state index in [9.17, 15) is 0 Å². The molecule has 2 rings (SSSR count). The van der Waals surface area contributed by atoms with E-state index >= 15 is 0 Å². The van der Waals surface area contributed by atoms with Gasteiger partial charge in [0.15, 0.2) is 0 Å². The summed E-state index contributed by atoms with van der Waals surface area (Å²) in [5, 5.41) is 0. The zero-order valence-corrected chi connectivity index (χ0v) is 9.49. The van der Waals surface area contributed by atoms with Crippen LogP contribution in [0.15, 0.2) is 42.5 Å². The van der Waals surface area contributed by atoms with Crippen LogP contribution in [0.5, 0.6) is 0 Å². The topological polar surface area (TPSA) is 9.23 Å². The van der Waals surface area contributed by atoms with Crippen molar-refractivity contribution in [1.82, 2.24) is 0 Å². The molecule has 0 spiro atoms. The fourth-order valence-corrected chi connectivity index (χ4v) is 2.34. The van der Waals surface area contributed by atoms with Gasteiger partial charge in [-0.2, -0.15) is 0 Å². The van der Waals surface area contributed by atoms with E-state index in [0.717, 1.165) is 13.0 Å². The molecular formula is C14H18O. The van der Waals surface area contributed by atoms with Crippen molar-refractivity contribution in [3.63, 3.8) is 0 Å². The maximum atomic E-state index is 5.76. The Kier molecular flexibility index (Phi) is 2.66. The first-order chi connectivity index (χ1) is 7.19. The van der Waals surface area contributed by atoms with Crippen molar-refractivity contribution in [3.8, 4) is 0 Å². The van der Waals surface area contributed by atoms with E-state index in [4.69, 9.17) is 4.74 Å². The maximum Gasteiger partial charge on any atom is 0.0743 e. The largest absolute Gasteiger partial charge is 0.377 e. The molecule has 0 bridgehead atoms. The van der Waals surface area contributed by atoms with Crippen LogP contribution in [0.4, 0.5) is 0 Å². The number of ether oxygens (including phenoxy) is 1. The Hall–Kier alpha value is -1.08. The molecule has 0 aliphatic heterocycles. The van der Waals surface area contributed by atoms with E-state index < -0.39 is 0 Å². The van der Waals surface area contributed by atoms with Crippen LogP contribution >= 0.6 is 0 Å². The predicted molar refractivity (Wildman–Crippen MR) is 63.0 cm³/mol. The van der Waals surface area contributed by atoms with Gasteiger partial charge in [0.05, 0.1) is 6.10 Å². The molecule has 1 fully saturated rings. The minimum atomic E-state index is 0.0251. The van der Waals surface area contributed by atoms with Crippen molar-refractivity contribution in [3.05, 3.63) is 48.0 Å². The van der Waals surface area contributed by atoms with E-state index in [1.807, 2.05) is 13.0 Å². The first-order valence-electron chi connectivity index (χ1n) is 5.55. The van der Waals surface area contributed by atoms with Crippen molar-refractivity contribution in [1.29, 1.82) is 0 Å². The van der Waals surface area contributed by atoms with E-state index in [2.05, 4.69) is 37.8 Å². The fourth-order valence-electron chi connectivity index (χ4n) is 2.34. The van der Waals surface area contributed by atoms with Gasteiger partial charge in [-0.25, -0.2) is 0 Å². The van der Waals surface area contributed by atoms with Crippen LogP contribution in [-0.2, 0) is 10.2 Å². The number of hydrogen-bond acceptors (Lipinski definition) is 1. The third-order valence-corrected chi connectivity index (χ3v) is 3.55. The Bertz CT molecular complexity index is 355. The maximum absolute atomic E-state index is 5.76. The predicted octanol–water partition coefficient (Wildman–Crippen LogP) is 3.31. The van der Waals surface area contributed by atoms with Gasteiger partial charge in [0.25, 0.3) is 0 Å². The lowest BCUT2D eigenvalue weighted by atomic mass is 9.60. The van der Waals surface area contributed by atoms with Crippen LogP contribution in [0.25, 0.3) is 0 Å². The minimum absolute atomic E-state index is 0.0251. The summed E-state index contributed by atoms with van der Waals surface area (Å²) in [5.74, 6) is 0. The molecule has 1 aliphatic rings. The zero-order valence-electron chi connectivity index (χ0n) is 9.49. The van der Waals surface area contributed by atoms with Crippen molar-refractivity contribution in [2.24, 2.45) is 0 Å². The van der Waals surface area contributed by atoms with Crippen LogP contribution in [-0.4, -0.2) is 12.7 Å². The minimum Gasteiger partial charge on any atom is -0.377 e. The molecular weight excluding hydrogens is 184 g/mol. The number of benzene rings is 1. The Labute approximate surface area is 91.8 Å². The van der Waals surface area contributed by atoms with Gasteiger partial charge in [-0.1, -0.05) is 42.5 Å². The lowest BCUT2D eigenvalue weighted by Gasteiger charge is -2.49. The van der Waals surface area contributed by atoms with Crippen molar-refractivity contribution < 1.29 is 4.74 Å². The molecule has 0 aromatic heterocycles. The molecule has 1 saturated carbocycles. The van der Waals surface area contributed by atoms with Crippen LogP contribution < -0.4 is 0 Å². The van der Waals surface area contributed by atoms with Crippen LogP contribution in [0.3, 0.4) is 0 Å². The van der Waals surface area contributed by atoms with E-state index in [1.165, 1.54) is 11.1 Å². The molecule has 1 aromatic rings. The molecule has 2 atom stereocenters. The first-order valence-corrected chi connectivity index (χ1v) is 5.55. The third kappa shape index (κ3) is 1.51. The molecule has 0 unspecified atom stereocenters. The summed E-state index contributed by atoms with van der Waals surface area (Å²) in [6, 6.07) is 10.5. The highest BCUT2D eigenvalue weighted by atomic mass is 16.5. The highest BCUT2D eigenvalue weighted by Gasteiger charge is 2.47. The Balaban J connectivity index is 2.28. The highest BCUT2D eigenvalue weighted by Crippen LogP contribution is 2.48. The van der Waals surface area contributed by atoms with Gasteiger partial charge in [-0.3, -0.25) is 0 Å². The molecule has 1 heteroatoms. The molecule has 0 radical (unpaired) electrons. The smallest absolute Gasteiger partial charge is 0.0743 e. The summed E-state index contributed by atoms with van der Waals surface area (Å²) >= 11 is 0. The summed E-state index contributed by atoms with van der Waals surface area (Å²) < 4.78 is 5.76. The van der Waals surface area contributed by atoms with Gasteiger partial charge in [-0.05, 0) is 25.8 Å². The number of rotatable bonds is 3. The van der Waals surface area contributed by atoms with Crippen molar-refractivity contribution >= 4 is 0 Å². The summed E-state index contributed by atoms with van der Waals surface area (Å²) in [6.07, 6.45) is 1.30. The van der Waals surface area contributed by atoms with Gasteiger partial charge in [0.2, 0.25) is 0 Å². The second-order valence-electron chi connectivity index (χ2n) is 4.32. The molecule has 15 heavy (non-hydrogen) atoms. The highest BCUT2D eigenvalue weighted by molar-refractivity contribution is 5.42. The second-order valence-corrected chi connectivity index (χ2v) is 4.32. The molecule has 1 nitrogen and oxygen atoms in total. The Morgan fingerprint density at radius 3 is 2.60 bits per heavy atom. The van der Waals surface area contributed by atoms with Crippen LogP contribution in [0.1, 0.15) is 25.8 Å². The summed E-state index contributed by atoms with van der Waals surface area (Å²) in [6.45, 7) is 9.20. The van der Waals surface area contributed by atoms with Gasteiger partial charge in [-0.15, -0.1) is 0 Å². The molecule has 1 aromatic carbocycles. The summed E-state index contributed by atoms with van der Waals surface area (Å²) in [7, 11) is 0. The molecule has 0 heterocycles. The molecule has 0 N–H and O–H groups in total. The number of hydrogen-bond donors (Lipinski definition) is 0. The van der Waals surface area contributed by atoms with E-state index in [1.54, 1.807) is 0 Å². The fraction of sp³-hybridized carbons (Fsp3) is 0.429. The van der Waals surface area contributed by atoms with Gasteiger partial charge < -0.3 is 4.74 Å². The first kappa shape index (κ1) is 10.4. The zero-order chi connectivity index (χ0) is 10.9. The average molecular weight is 202 g/mol. The molecule has 80 valence electrons. The SMILES string of the molecule is C=C1C[C@@H](OCC)[C@@]1(C)c1ccccc1. The summed E-state index contributed by atoms with van der Waals surface area (Å²) in [5.41, 5.74) is 2.63. The van der Waals surface area contributed by atoms with Crippen molar-refractivity contribution in [2.75, 3.05) is 6.61 Å². The average Bonchev–Trinajstić information content (AvgIpc) is 2.29. The lowest BCUT2D eigenvalue weighted by molar-refractivity contribution is -0.0168. The normalized spacial score (nSPS) is 30.0. The van der Waals surface area contributed by atoms with E-state index in [-0.39, 0.29) is 5.41 Å². The molecule has 1 aliphatic carbocycles. The Morgan fingerprint density at radius 1 is 1.40 bits per heavy atom. The van der Waals surface area contributed by atoms with Crippen LogP contribution in [0, 0.1) is 0 Å². The molecule has 0 saturated heterocycles. The van der Waals surface area contributed by atoms with Gasteiger partial charge >= 0.3 is 0 Å². The monoisotopic (exact) mass is 202 g/mol. The summed E-state index contributed by atoms with van der Waals surface area (Å²) in [4.78, 5) is 0. The second kappa shape index (κ2) is 3.82. The van der Waals surface area contributed by atoms with Gasteiger partial charge in [0.1, 0.15) is 0 Å². The lowest BCUT2D eigenvalue weighted by Crippen LogP contribution is -2.50. The van der Waals surface area contributed by atoms with Crippen LogP contribution in [0.2, 0.25) is 0 Å². The third-order valence-electron chi connectivity index (χ3n) is 3.55. The van der Waals surface area contributed by atoms with Crippen molar-refractivity contribution in [2.45, 2.75) is 31.8 Å². The van der Waals surface area contributed by atoms with Gasteiger partial charge in [0, 0.05) is 12.0 Å². The quantitative estimate of drug-likeness (QED) is 0.683. The Morgan fingerprint density at radius 2 is 2.07 bits per heavy atom.